The number of hydrogen-bond donors (Lipinski definition) is 1. The van der Waals surface area contributed by atoms with Crippen LogP contribution in [-0.2, 0) is 5.75 Å². The van der Waals surface area contributed by atoms with Crippen LogP contribution in [0.15, 0.2) is 47.4 Å². The molecule has 0 aromatic heterocycles. The summed E-state index contributed by atoms with van der Waals surface area (Å²) in [5.74, 6) is -0.415. The van der Waals surface area contributed by atoms with Gasteiger partial charge >= 0.3 is 5.97 Å². The molecule has 0 radical (unpaired) electrons. The maximum atomic E-state index is 13.0. The second-order valence-corrected chi connectivity index (χ2v) is 5.24. The molecule has 0 saturated carbocycles. The minimum absolute atomic E-state index is 0.225. The summed E-state index contributed by atoms with van der Waals surface area (Å²) in [5, 5.41) is 8.80. The molecule has 0 spiro atoms. The molecular weight excluding hydrogens is 263 g/mol. The van der Waals surface area contributed by atoms with Crippen molar-refractivity contribution in [2.75, 3.05) is 0 Å². The smallest absolute Gasteiger partial charge is 0.335 e. The molecule has 4 heteroatoms. The van der Waals surface area contributed by atoms with Gasteiger partial charge in [-0.2, -0.15) is 0 Å². The van der Waals surface area contributed by atoms with E-state index in [0.717, 1.165) is 21.8 Å². The van der Waals surface area contributed by atoms with E-state index in [0.29, 0.717) is 0 Å². The van der Waals surface area contributed by atoms with Crippen LogP contribution >= 0.6 is 11.8 Å². The Balaban J connectivity index is 2.04. The average molecular weight is 276 g/mol. The first-order valence-corrected chi connectivity index (χ1v) is 6.76. The zero-order valence-corrected chi connectivity index (χ0v) is 11.2. The summed E-state index contributed by atoms with van der Waals surface area (Å²) in [6, 6.07) is 11.5. The second-order valence-electron chi connectivity index (χ2n) is 4.19. The van der Waals surface area contributed by atoms with Crippen molar-refractivity contribution in [2.24, 2.45) is 0 Å². The van der Waals surface area contributed by atoms with Crippen LogP contribution in [0.3, 0.4) is 0 Å². The SMILES string of the molecule is Cc1cc(F)ccc1CSc1ccc(C(=O)O)cc1. The van der Waals surface area contributed by atoms with Gasteiger partial charge < -0.3 is 5.11 Å². The number of carboxylic acid groups (broad SMARTS) is 1. The van der Waals surface area contributed by atoms with E-state index in [-0.39, 0.29) is 11.4 Å². The molecule has 2 rings (SSSR count). The lowest BCUT2D eigenvalue weighted by atomic mass is 10.1. The Morgan fingerprint density at radius 2 is 1.89 bits per heavy atom. The van der Waals surface area contributed by atoms with Crippen molar-refractivity contribution in [2.45, 2.75) is 17.6 Å². The molecule has 0 heterocycles. The summed E-state index contributed by atoms with van der Waals surface area (Å²) >= 11 is 1.60. The van der Waals surface area contributed by atoms with Gasteiger partial charge in [-0.1, -0.05) is 6.07 Å². The van der Waals surface area contributed by atoms with E-state index in [9.17, 15) is 9.18 Å². The molecule has 98 valence electrons. The van der Waals surface area contributed by atoms with E-state index in [1.54, 1.807) is 42.1 Å². The van der Waals surface area contributed by atoms with Crippen molar-refractivity contribution >= 4 is 17.7 Å². The summed E-state index contributed by atoms with van der Waals surface area (Å²) in [6.07, 6.45) is 0. The van der Waals surface area contributed by atoms with E-state index in [4.69, 9.17) is 5.11 Å². The number of carboxylic acids is 1. The fourth-order valence-electron chi connectivity index (χ4n) is 1.68. The molecule has 0 amide bonds. The first-order chi connectivity index (χ1) is 9.06. The largest absolute Gasteiger partial charge is 0.478 e. The predicted octanol–water partition coefficient (Wildman–Crippen LogP) is 4.12. The molecule has 0 aliphatic heterocycles. The number of hydrogen-bond acceptors (Lipinski definition) is 2. The van der Waals surface area contributed by atoms with Crippen LogP contribution in [0, 0.1) is 12.7 Å². The number of thioether (sulfide) groups is 1. The Morgan fingerprint density at radius 3 is 2.47 bits per heavy atom. The molecule has 0 fully saturated rings. The van der Waals surface area contributed by atoms with Gasteiger partial charge in [0.25, 0.3) is 0 Å². The highest BCUT2D eigenvalue weighted by Gasteiger charge is 2.04. The Bertz CT molecular complexity index is 594. The summed E-state index contributed by atoms with van der Waals surface area (Å²) in [5.41, 5.74) is 2.28. The van der Waals surface area contributed by atoms with E-state index in [1.807, 2.05) is 6.92 Å². The number of aromatic carboxylic acids is 1. The van der Waals surface area contributed by atoms with Gasteiger partial charge in [0.1, 0.15) is 5.82 Å². The van der Waals surface area contributed by atoms with Gasteiger partial charge in [-0.25, -0.2) is 9.18 Å². The van der Waals surface area contributed by atoms with Crippen LogP contribution in [0.1, 0.15) is 21.5 Å². The van der Waals surface area contributed by atoms with Crippen molar-refractivity contribution in [3.8, 4) is 0 Å². The van der Waals surface area contributed by atoms with E-state index >= 15 is 0 Å². The zero-order valence-electron chi connectivity index (χ0n) is 10.4. The van der Waals surface area contributed by atoms with Gasteiger partial charge in [0.2, 0.25) is 0 Å². The monoisotopic (exact) mass is 276 g/mol. The van der Waals surface area contributed by atoms with Crippen LogP contribution < -0.4 is 0 Å². The van der Waals surface area contributed by atoms with Crippen LogP contribution in [0.5, 0.6) is 0 Å². The second kappa shape index (κ2) is 5.89. The summed E-state index contributed by atoms with van der Waals surface area (Å²) in [7, 11) is 0. The van der Waals surface area contributed by atoms with Crippen LogP contribution in [0.25, 0.3) is 0 Å². The zero-order chi connectivity index (χ0) is 13.8. The van der Waals surface area contributed by atoms with Crippen molar-refractivity contribution in [3.63, 3.8) is 0 Å². The minimum atomic E-state index is -0.925. The number of carbonyl (C=O) groups is 1. The molecule has 0 atom stereocenters. The minimum Gasteiger partial charge on any atom is -0.478 e. The fourth-order valence-corrected chi connectivity index (χ4v) is 2.65. The molecule has 0 bridgehead atoms. The first-order valence-electron chi connectivity index (χ1n) is 5.77. The van der Waals surface area contributed by atoms with E-state index in [1.165, 1.54) is 12.1 Å². The molecule has 0 saturated heterocycles. The summed E-state index contributed by atoms with van der Waals surface area (Å²) in [4.78, 5) is 11.7. The molecule has 19 heavy (non-hydrogen) atoms. The lowest BCUT2D eigenvalue weighted by molar-refractivity contribution is 0.0697. The number of halogens is 1. The van der Waals surface area contributed by atoms with Gasteiger partial charge in [-0.05, 0) is 54.4 Å². The van der Waals surface area contributed by atoms with E-state index in [2.05, 4.69) is 0 Å². The molecule has 2 nitrogen and oxygen atoms in total. The normalized spacial score (nSPS) is 10.4. The highest BCUT2D eigenvalue weighted by atomic mass is 32.2. The highest BCUT2D eigenvalue weighted by molar-refractivity contribution is 7.98. The topological polar surface area (TPSA) is 37.3 Å². The summed E-state index contributed by atoms with van der Waals surface area (Å²) < 4.78 is 13.0. The van der Waals surface area contributed by atoms with Gasteiger partial charge in [0.05, 0.1) is 5.56 Å². The maximum absolute atomic E-state index is 13.0. The quantitative estimate of drug-likeness (QED) is 0.853. The third-order valence-corrected chi connectivity index (χ3v) is 3.86. The Labute approximate surface area is 115 Å². The van der Waals surface area contributed by atoms with Crippen LogP contribution in [0.2, 0.25) is 0 Å². The Hall–Kier alpha value is -1.81. The number of benzene rings is 2. The van der Waals surface area contributed by atoms with Crippen molar-refractivity contribution in [1.29, 1.82) is 0 Å². The summed E-state index contributed by atoms with van der Waals surface area (Å²) in [6.45, 7) is 1.88. The van der Waals surface area contributed by atoms with Crippen molar-refractivity contribution < 1.29 is 14.3 Å². The predicted molar refractivity (Wildman–Crippen MR) is 74.1 cm³/mol. The maximum Gasteiger partial charge on any atom is 0.335 e. The first kappa shape index (κ1) is 13.6. The average Bonchev–Trinajstić information content (AvgIpc) is 2.38. The molecule has 2 aromatic carbocycles. The third kappa shape index (κ3) is 3.58. The van der Waals surface area contributed by atoms with Gasteiger partial charge in [0.15, 0.2) is 0 Å². The highest BCUT2D eigenvalue weighted by Crippen LogP contribution is 2.25. The molecule has 0 unspecified atom stereocenters. The molecule has 2 aromatic rings. The number of aryl methyl sites for hydroxylation is 1. The Kier molecular flexibility index (Phi) is 4.22. The van der Waals surface area contributed by atoms with Crippen molar-refractivity contribution in [1.82, 2.24) is 0 Å². The standard InChI is InChI=1S/C15H13FO2S/c1-10-8-13(16)5-2-12(10)9-19-14-6-3-11(4-7-14)15(17)18/h2-8H,9H2,1H3,(H,17,18). The van der Waals surface area contributed by atoms with Crippen LogP contribution in [-0.4, -0.2) is 11.1 Å². The lowest BCUT2D eigenvalue weighted by Crippen LogP contribution is -1.94. The number of rotatable bonds is 4. The van der Waals surface area contributed by atoms with E-state index < -0.39 is 5.97 Å². The third-order valence-electron chi connectivity index (χ3n) is 2.80. The van der Waals surface area contributed by atoms with Gasteiger partial charge in [-0.15, -0.1) is 11.8 Å². The Morgan fingerprint density at radius 1 is 1.21 bits per heavy atom. The molecule has 0 aliphatic carbocycles. The van der Waals surface area contributed by atoms with Gasteiger partial charge in [-0.3, -0.25) is 0 Å². The fraction of sp³-hybridized carbons (Fsp3) is 0.133. The molecule has 0 aliphatic rings. The van der Waals surface area contributed by atoms with Gasteiger partial charge in [0, 0.05) is 10.6 Å². The lowest BCUT2D eigenvalue weighted by Gasteiger charge is -2.06. The molecular formula is C15H13FO2S. The van der Waals surface area contributed by atoms with Crippen molar-refractivity contribution in [3.05, 3.63) is 65.0 Å². The van der Waals surface area contributed by atoms with Crippen LogP contribution in [0.4, 0.5) is 4.39 Å². The molecule has 1 N–H and O–H groups in total.